The Morgan fingerprint density at radius 3 is 2.49 bits per heavy atom. The van der Waals surface area contributed by atoms with Gasteiger partial charge in [-0.05, 0) is 62.0 Å². The van der Waals surface area contributed by atoms with E-state index in [1.54, 1.807) is 17.0 Å². The Morgan fingerprint density at radius 2 is 1.74 bits per heavy atom. The highest BCUT2D eigenvalue weighted by molar-refractivity contribution is 5.97. The third-order valence-electron chi connectivity index (χ3n) is 8.42. The molecule has 4 heterocycles. The van der Waals surface area contributed by atoms with E-state index < -0.39 is 0 Å². The fourth-order valence-corrected chi connectivity index (χ4v) is 5.82. The Bertz CT molecular complexity index is 1120. The second-order valence-electron chi connectivity index (χ2n) is 10.9. The molecule has 39 heavy (non-hydrogen) atoms. The van der Waals surface area contributed by atoms with Crippen molar-refractivity contribution in [2.75, 3.05) is 52.5 Å². The summed E-state index contributed by atoms with van der Waals surface area (Å²) in [5.41, 5.74) is 0.546. The molecule has 3 aliphatic heterocycles. The maximum atomic E-state index is 13.2. The molecule has 0 radical (unpaired) electrons. The number of benzene rings is 1. The van der Waals surface area contributed by atoms with Crippen molar-refractivity contribution in [2.24, 2.45) is 11.3 Å². The molecule has 1 aromatic heterocycles. The van der Waals surface area contributed by atoms with Crippen molar-refractivity contribution in [3.63, 3.8) is 0 Å². The number of aromatic nitrogens is 1. The van der Waals surface area contributed by atoms with Crippen LogP contribution in [-0.2, 0) is 9.53 Å². The van der Waals surface area contributed by atoms with Crippen molar-refractivity contribution in [1.82, 2.24) is 20.1 Å². The predicted molar refractivity (Wildman–Crippen MR) is 142 cm³/mol. The molecular formula is C29H38N4O6. The molecule has 3 aliphatic rings. The summed E-state index contributed by atoms with van der Waals surface area (Å²) in [4.78, 5) is 47.4. The molecule has 2 saturated heterocycles. The van der Waals surface area contributed by atoms with Gasteiger partial charge in [-0.15, -0.1) is 0 Å². The Balaban J connectivity index is 1.31. The first-order valence-electron chi connectivity index (χ1n) is 14.1. The first kappa shape index (κ1) is 27.2. The van der Waals surface area contributed by atoms with Crippen molar-refractivity contribution in [3.05, 3.63) is 48.2 Å². The zero-order valence-electron chi connectivity index (χ0n) is 22.4. The average Bonchev–Trinajstić information content (AvgIpc) is 3.51. The number of nitrogens with zero attached hydrogens (tertiary/aromatic N) is 3. The molecule has 2 aromatic rings. The number of piperidine rings is 1. The summed E-state index contributed by atoms with van der Waals surface area (Å²) in [6, 6.07) is 7.25. The van der Waals surface area contributed by atoms with Gasteiger partial charge in [0.1, 0.15) is 12.0 Å². The molecular weight excluding hydrogens is 500 g/mol. The van der Waals surface area contributed by atoms with Gasteiger partial charge in [0.05, 0.1) is 12.2 Å². The Hall–Kier alpha value is -3.40. The van der Waals surface area contributed by atoms with E-state index in [1.165, 1.54) is 12.7 Å². The van der Waals surface area contributed by atoms with E-state index in [0.717, 1.165) is 38.9 Å². The first-order chi connectivity index (χ1) is 19.0. The van der Waals surface area contributed by atoms with E-state index in [9.17, 15) is 14.4 Å². The molecule has 0 aliphatic carbocycles. The van der Waals surface area contributed by atoms with Crippen LogP contribution in [0.3, 0.4) is 0 Å². The van der Waals surface area contributed by atoms with Gasteiger partial charge < -0.3 is 29.0 Å². The van der Waals surface area contributed by atoms with Crippen LogP contribution in [0.2, 0.25) is 0 Å². The molecule has 1 N–H and O–H groups in total. The highest BCUT2D eigenvalue weighted by Gasteiger charge is 2.38. The van der Waals surface area contributed by atoms with Crippen molar-refractivity contribution >= 4 is 17.7 Å². The lowest BCUT2D eigenvalue weighted by molar-refractivity contribution is -0.135. The largest absolute Gasteiger partial charge is 0.493 e. The van der Waals surface area contributed by atoms with Gasteiger partial charge in [-0.3, -0.25) is 14.4 Å². The van der Waals surface area contributed by atoms with Gasteiger partial charge in [-0.2, -0.15) is 0 Å². The van der Waals surface area contributed by atoms with Gasteiger partial charge >= 0.3 is 0 Å². The number of rotatable bonds is 3. The number of para-hydroxylation sites is 1. The molecule has 2 fully saturated rings. The lowest BCUT2D eigenvalue weighted by Gasteiger charge is -2.43. The first-order valence-corrected chi connectivity index (χ1v) is 14.1. The Labute approximate surface area is 229 Å². The minimum absolute atomic E-state index is 0.169. The van der Waals surface area contributed by atoms with Crippen molar-refractivity contribution in [2.45, 2.75) is 44.9 Å². The highest BCUT2D eigenvalue weighted by atomic mass is 16.5. The maximum Gasteiger partial charge on any atom is 0.275 e. The van der Waals surface area contributed by atoms with Crippen LogP contribution < -0.4 is 10.1 Å². The number of nitrogens with one attached hydrogen (secondary N) is 1. The molecule has 5 rings (SSSR count). The summed E-state index contributed by atoms with van der Waals surface area (Å²) in [7, 11) is 0. The summed E-state index contributed by atoms with van der Waals surface area (Å²) >= 11 is 0. The fourth-order valence-electron chi connectivity index (χ4n) is 5.82. The lowest BCUT2D eigenvalue weighted by atomic mass is 9.75. The van der Waals surface area contributed by atoms with Crippen molar-refractivity contribution < 1.29 is 28.3 Å². The SMILES string of the molecule is O=C1NCC2(CCN(C(=O)CC3CCOCC3)CC2)CCN(C(=O)c2cocn2)CCCOc2ccccc21. The third kappa shape index (κ3) is 6.79. The molecule has 1 spiro atoms. The minimum atomic E-state index is -0.239. The van der Waals surface area contributed by atoms with Crippen LogP contribution in [0.25, 0.3) is 0 Å². The summed E-state index contributed by atoms with van der Waals surface area (Å²) in [5, 5.41) is 3.15. The second kappa shape index (κ2) is 12.6. The normalized spacial score (nSPS) is 21.1. The number of carbonyl (C=O) groups excluding carboxylic acids is 3. The van der Waals surface area contributed by atoms with Crippen LogP contribution in [0.15, 0.2) is 41.3 Å². The van der Waals surface area contributed by atoms with E-state index in [2.05, 4.69) is 10.3 Å². The average molecular weight is 539 g/mol. The molecule has 210 valence electrons. The number of fused-ring (bicyclic) bond motifs is 1. The van der Waals surface area contributed by atoms with Crippen LogP contribution in [0.4, 0.5) is 0 Å². The molecule has 1 aromatic carbocycles. The van der Waals surface area contributed by atoms with E-state index >= 15 is 0 Å². The van der Waals surface area contributed by atoms with Crippen molar-refractivity contribution in [1.29, 1.82) is 0 Å². The molecule has 0 saturated carbocycles. The summed E-state index contributed by atoms with van der Waals surface area (Å²) in [5.74, 6) is 0.788. The van der Waals surface area contributed by atoms with Crippen LogP contribution >= 0.6 is 0 Å². The summed E-state index contributed by atoms with van der Waals surface area (Å²) in [6.07, 6.45) is 7.93. The standard InChI is InChI=1S/C29H38N4O6/c34-26(18-22-6-16-37-17-7-22)32-12-8-29(9-13-32)10-14-33(28(36)24-19-38-21-31-24)11-3-15-39-25-5-2-1-4-23(25)27(35)30-20-29/h1-2,4-5,19,21-22H,3,6-18,20H2,(H,30,35). The molecule has 0 unspecified atom stereocenters. The highest BCUT2D eigenvalue weighted by Crippen LogP contribution is 2.36. The number of oxazole rings is 1. The number of carbonyl (C=O) groups is 3. The van der Waals surface area contributed by atoms with Gasteiger partial charge in [0, 0.05) is 52.4 Å². The number of amides is 3. The monoisotopic (exact) mass is 538 g/mol. The van der Waals surface area contributed by atoms with Gasteiger partial charge in [0.25, 0.3) is 11.8 Å². The Morgan fingerprint density at radius 1 is 1.00 bits per heavy atom. The topological polar surface area (TPSA) is 114 Å². The summed E-state index contributed by atoms with van der Waals surface area (Å²) < 4.78 is 16.4. The number of hydrogen-bond acceptors (Lipinski definition) is 7. The lowest BCUT2D eigenvalue weighted by Crippen LogP contribution is -2.49. The fraction of sp³-hybridized carbons (Fsp3) is 0.586. The number of hydrogen-bond donors (Lipinski definition) is 1. The van der Waals surface area contributed by atoms with Crippen molar-refractivity contribution in [3.8, 4) is 5.75 Å². The van der Waals surface area contributed by atoms with E-state index in [4.69, 9.17) is 13.9 Å². The van der Waals surface area contributed by atoms with Crippen LogP contribution in [0.1, 0.15) is 65.8 Å². The molecule has 3 amide bonds. The van der Waals surface area contributed by atoms with Crippen LogP contribution in [-0.4, -0.2) is 85.0 Å². The number of ether oxygens (including phenoxy) is 2. The third-order valence-corrected chi connectivity index (χ3v) is 8.42. The zero-order valence-corrected chi connectivity index (χ0v) is 22.4. The molecule has 0 atom stereocenters. The van der Waals surface area contributed by atoms with E-state index in [-0.39, 0.29) is 28.8 Å². The maximum absolute atomic E-state index is 13.2. The van der Waals surface area contributed by atoms with E-state index in [1.807, 2.05) is 17.0 Å². The van der Waals surface area contributed by atoms with Crippen LogP contribution in [0, 0.1) is 11.3 Å². The Kier molecular flexibility index (Phi) is 8.81. The van der Waals surface area contributed by atoms with Gasteiger partial charge in [-0.25, -0.2) is 4.98 Å². The molecule has 10 nitrogen and oxygen atoms in total. The summed E-state index contributed by atoms with van der Waals surface area (Å²) in [6.45, 7) is 4.63. The number of likely N-dealkylation sites (tertiary alicyclic amines) is 1. The van der Waals surface area contributed by atoms with Crippen LogP contribution in [0.5, 0.6) is 5.75 Å². The zero-order chi connectivity index (χ0) is 27.1. The minimum Gasteiger partial charge on any atom is -0.493 e. The predicted octanol–water partition coefficient (Wildman–Crippen LogP) is 3.14. The quantitative estimate of drug-likeness (QED) is 0.639. The van der Waals surface area contributed by atoms with Gasteiger partial charge in [0.2, 0.25) is 5.91 Å². The van der Waals surface area contributed by atoms with E-state index in [0.29, 0.717) is 75.8 Å². The molecule has 10 heteroatoms. The smallest absolute Gasteiger partial charge is 0.275 e. The van der Waals surface area contributed by atoms with Gasteiger partial charge in [0.15, 0.2) is 12.1 Å². The second-order valence-corrected chi connectivity index (χ2v) is 10.9. The molecule has 0 bridgehead atoms. The van der Waals surface area contributed by atoms with Gasteiger partial charge in [-0.1, -0.05) is 12.1 Å².